The molecule has 0 radical (unpaired) electrons. The number of nitriles is 1. The molecule has 3 aliphatic carbocycles. The molecular formula is C26H43N. The van der Waals surface area contributed by atoms with Crippen LogP contribution in [0, 0.1) is 40.4 Å². The summed E-state index contributed by atoms with van der Waals surface area (Å²) < 4.78 is 0. The molecule has 0 aromatic heterocycles. The van der Waals surface area contributed by atoms with Crippen LogP contribution in [0.2, 0.25) is 0 Å². The normalized spacial score (nSPS) is 37.4. The fourth-order valence-corrected chi connectivity index (χ4v) is 6.54. The van der Waals surface area contributed by atoms with E-state index in [1.165, 1.54) is 95.5 Å². The van der Waals surface area contributed by atoms with E-state index in [1.807, 2.05) is 0 Å². The summed E-state index contributed by atoms with van der Waals surface area (Å²) in [4.78, 5) is 0. The minimum absolute atomic E-state index is 0.0913. The van der Waals surface area contributed by atoms with Crippen molar-refractivity contribution in [1.29, 1.82) is 5.26 Å². The predicted octanol–water partition coefficient (Wildman–Crippen LogP) is 8.21. The van der Waals surface area contributed by atoms with Crippen LogP contribution in [0.4, 0.5) is 0 Å². The lowest BCUT2D eigenvalue weighted by Crippen LogP contribution is -2.33. The third-order valence-corrected chi connectivity index (χ3v) is 8.45. The van der Waals surface area contributed by atoms with Crippen LogP contribution in [0.15, 0.2) is 11.6 Å². The maximum atomic E-state index is 10.1. The van der Waals surface area contributed by atoms with E-state index in [4.69, 9.17) is 0 Å². The zero-order valence-electron chi connectivity index (χ0n) is 18.1. The average Bonchev–Trinajstić information content (AvgIpc) is 2.73. The molecule has 0 aromatic rings. The van der Waals surface area contributed by atoms with Crippen LogP contribution in [0.1, 0.15) is 117 Å². The second-order valence-electron chi connectivity index (χ2n) is 10.1. The summed E-state index contributed by atoms with van der Waals surface area (Å²) in [6.07, 6.45) is 24.0. The zero-order chi connectivity index (χ0) is 19.1. The highest BCUT2D eigenvalue weighted by molar-refractivity contribution is 5.26. The third kappa shape index (κ3) is 5.19. The first-order valence-electron chi connectivity index (χ1n) is 12.3. The summed E-state index contributed by atoms with van der Waals surface area (Å²) in [5.41, 5.74) is 1.44. The third-order valence-electron chi connectivity index (χ3n) is 8.45. The molecule has 2 saturated carbocycles. The molecule has 0 aliphatic heterocycles. The van der Waals surface area contributed by atoms with E-state index in [2.05, 4.69) is 26.0 Å². The number of unbranched alkanes of at least 4 members (excludes halogenated alkanes) is 1. The summed E-state index contributed by atoms with van der Waals surface area (Å²) in [6.45, 7) is 4.62. The Morgan fingerprint density at radius 2 is 1.59 bits per heavy atom. The fourth-order valence-electron chi connectivity index (χ4n) is 6.54. The van der Waals surface area contributed by atoms with Crippen LogP contribution < -0.4 is 0 Å². The van der Waals surface area contributed by atoms with E-state index in [-0.39, 0.29) is 5.41 Å². The molecule has 0 saturated heterocycles. The number of nitrogens with zero attached hydrogens (tertiary/aromatic N) is 1. The smallest absolute Gasteiger partial charge is 0.0782 e. The molecule has 27 heavy (non-hydrogen) atoms. The predicted molar refractivity (Wildman–Crippen MR) is 115 cm³/mol. The SMILES string of the molecule is CCCCC1CCC(C2CCC(C#N)(C3=CCC(CCC)CC3)CC2)CC1. The second-order valence-corrected chi connectivity index (χ2v) is 10.1. The van der Waals surface area contributed by atoms with E-state index in [9.17, 15) is 5.26 Å². The number of hydrogen-bond donors (Lipinski definition) is 0. The number of rotatable bonds is 7. The molecule has 2 fully saturated rings. The minimum atomic E-state index is -0.0913. The lowest BCUT2D eigenvalue weighted by molar-refractivity contribution is 0.130. The molecule has 0 N–H and O–H groups in total. The summed E-state index contributed by atoms with van der Waals surface area (Å²) in [5, 5.41) is 10.1. The lowest BCUT2D eigenvalue weighted by atomic mass is 9.61. The van der Waals surface area contributed by atoms with Gasteiger partial charge in [0, 0.05) is 0 Å². The van der Waals surface area contributed by atoms with Gasteiger partial charge in [0.15, 0.2) is 0 Å². The van der Waals surface area contributed by atoms with Gasteiger partial charge >= 0.3 is 0 Å². The lowest BCUT2D eigenvalue weighted by Gasteiger charge is -2.42. The van der Waals surface area contributed by atoms with Gasteiger partial charge in [-0.25, -0.2) is 0 Å². The maximum absolute atomic E-state index is 10.1. The number of allylic oxidation sites excluding steroid dienone is 2. The molecule has 1 nitrogen and oxygen atoms in total. The average molecular weight is 370 g/mol. The summed E-state index contributed by atoms with van der Waals surface area (Å²) in [5.74, 6) is 3.78. The highest BCUT2D eigenvalue weighted by atomic mass is 14.5. The highest BCUT2D eigenvalue weighted by Gasteiger charge is 2.41. The summed E-state index contributed by atoms with van der Waals surface area (Å²) >= 11 is 0. The van der Waals surface area contributed by atoms with E-state index in [0.29, 0.717) is 0 Å². The van der Waals surface area contributed by atoms with Gasteiger partial charge in [0.05, 0.1) is 11.5 Å². The van der Waals surface area contributed by atoms with Crippen molar-refractivity contribution in [2.75, 3.05) is 0 Å². The van der Waals surface area contributed by atoms with Crippen LogP contribution >= 0.6 is 0 Å². The monoisotopic (exact) mass is 369 g/mol. The van der Waals surface area contributed by atoms with Crippen LogP contribution in [0.25, 0.3) is 0 Å². The Balaban J connectivity index is 1.49. The van der Waals surface area contributed by atoms with Gasteiger partial charge in [-0.05, 0) is 81.5 Å². The summed E-state index contributed by atoms with van der Waals surface area (Å²) in [6, 6.07) is 2.82. The van der Waals surface area contributed by atoms with Gasteiger partial charge in [-0.2, -0.15) is 5.26 Å². The first kappa shape index (κ1) is 21.0. The quantitative estimate of drug-likeness (QED) is 0.415. The Kier molecular flexibility index (Phi) is 7.86. The topological polar surface area (TPSA) is 23.8 Å². The van der Waals surface area contributed by atoms with Crippen LogP contribution in [-0.2, 0) is 0 Å². The molecule has 0 amide bonds. The minimum Gasteiger partial charge on any atom is -0.197 e. The van der Waals surface area contributed by atoms with Crippen LogP contribution in [0.3, 0.4) is 0 Å². The van der Waals surface area contributed by atoms with Gasteiger partial charge in [-0.1, -0.05) is 70.4 Å². The zero-order valence-corrected chi connectivity index (χ0v) is 18.1. The molecule has 0 aromatic carbocycles. The van der Waals surface area contributed by atoms with Gasteiger partial charge in [-0.15, -0.1) is 0 Å². The van der Waals surface area contributed by atoms with Crippen molar-refractivity contribution >= 4 is 0 Å². The van der Waals surface area contributed by atoms with Gasteiger partial charge in [0.25, 0.3) is 0 Å². The first-order chi connectivity index (χ1) is 13.2. The Labute approximate surface area is 169 Å². The molecule has 0 bridgehead atoms. The standard InChI is InChI=1S/C26H43N/c1-3-5-7-22-8-12-23(13-9-22)24-16-18-26(20-27,19-17-24)25-14-10-21(6-4-2)11-15-25/h14,21-24H,3-13,15-19H2,1-2H3. The summed E-state index contributed by atoms with van der Waals surface area (Å²) in [7, 11) is 0. The molecule has 1 heteroatoms. The van der Waals surface area contributed by atoms with Crippen molar-refractivity contribution < 1.29 is 0 Å². The van der Waals surface area contributed by atoms with Crippen LogP contribution in [-0.4, -0.2) is 0 Å². The second kappa shape index (κ2) is 10.1. The van der Waals surface area contributed by atoms with Crippen molar-refractivity contribution in [1.82, 2.24) is 0 Å². The molecular weight excluding hydrogens is 326 g/mol. The van der Waals surface area contributed by atoms with Gasteiger partial charge < -0.3 is 0 Å². The fraction of sp³-hybridized carbons (Fsp3) is 0.885. The van der Waals surface area contributed by atoms with Crippen molar-refractivity contribution in [2.24, 2.45) is 29.1 Å². The molecule has 0 heterocycles. The van der Waals surface area contributed by atoms with Crippen molar-refractivity contribution in [3.05, 3.63) is 11.6 Å². The Morgan fingerprint density at radius 3 is 2.15 bits per heavy atom. The van der Waals surface area contributed by atoms with Gasteiger partial charge in [0.1, 0.15) is 0 Å². The first-order valence-corrected chi connectivity index (χ1v) is 12.3. The Morgan fingerprint density at radius 1 is 0.889 bits per heavy atom. The Hall–Kier alpha value is -0.770. The molecule has 3 aliphatic rings. The van der Waals surface area contributed by atoms with E-state index < -0.39 is 0 Å². The molecule has 3 rings (SSSR count). The van der Waals surface area contributed by atoms with Crippen molar-refractivity contribution in [3.63, 3.8) is 0 Å². The molecule has 1 unspecified atom stereocenters. The van der Waals surface area contributed by atoms with E-state index >= 15 is 0 Å². The number of hydrogen-bond acceptors (Lipinski definition) is 1. The van der Waals surface area contributed by atoms with E-state index in [1.54, 1.807) is 0 Å². The Bertz CT molecular complexity index is 509. The van der Waals surface area contributed by atoms with Crippen LogP contribution in [0.5, 0.6) is 0 Å². The molecule has 152 valence electrons. The maximum Gasteiger partial charge on any atom is 0.0782 e. The molecule has 0 spiro atoms. The van der Waals surface area contributed by atoms with Crippen molar-refractivity contribution in [3.8, 4) is 6.07 Å². The van der Waals surface area contributed by atoms with Gasteiger partial charge in [-0.3, -0.25) is 0 Å². The van der Waals surface area contributed by atoms with Crippen molar-refractivity contribution in [2.45, 2.75) is 117 Å². The van der Waals surface area contributed by atoms with Gasteiger partial charge in [0.2, 0.25) is 0 Å². The largest absolute Gasteiger partial charge is 0.197 e. The molecule has 1 atom stereocenters. The van der Waals surface area contributed by atoms with E-state index in [0.717, 1.165) is 36.5 Å². The highest BCUT2D eigenvalue weighted by Crippen LogP contribution is 2.51.